The van der Waals surface area contributed by atoms with Crippen LogP contribution in [0.25, 0.3) is 0 Å². The van der Waals surface area contributed by atoms with Gasteiger partial charge in [0.25, 0.3) is 0 Å². The lowest BCUT2D eigenvalue weighted by atomic mass is 10.2. The van der Waals surface area contributed by atoms with Crippen molar-refractivity contribution in [2.24, 2.45) is 0 Å². The number of rotatable bonds is 3. The van der Waals surface area contributed by atoms with Crippen molar-refractivity contribution in [2.75, 3.05) is 13.2 Å². The van der Waals surface area contributed by atoms with Gasteiger partial charge in [-0.2, -0.15) is 0 Å². The van der Waals surface area contributed by atoms with E-state index < -0.39 is 5.97 Å². The number of thioether (sulfide) groups is 1. The largest absolute Gasteiger partial charge is 0.478 e. The second-order valence-corrected chi connectivity index (χ2v) is 4.42. The summed E-state index contributed by atoms with van der Waals surface area (Å²) in [5.41, 5.74) is 0.379. The average molecular weight is 240 g/mol. The summed E-state index contributed by atoms with van der Waals surface area (Å²) >= 11 is 1.58. The molecule has 16 heavy (non-hydrogen) atoms. The summed E-state index contributed by atoms with van der Waals surface area (Å²) in [5.74, 6) is -0.867. The Balaban J connectivity index is 0.000000606. The Morgan fingerprint density at radius 2 is 2.00 bits per heavy atom. The van der Waals surface area contributed by atoms with Crippen LogP contribution in [0.3, 0.4) is 0 Å². The molecule has 1 aliphatic rings. The van der Waals surface area contributed by atoms with Gasteiger partial charge < -0.3 is 9.84 Å². The lowest BCUT2D eigenvalue weighted by Crippen LogP contribution is -2.30. The summed E-state index contributed by atoms with van der Waals surface area (Å²) in [6.45, 7) is 5.44. The molecule has 0 unspecified atom stereocenters. The third-order valence-corrected chi connectivity index (χ3v) is 3.23. The highest BCUT2D eigenvalue weighted by Gasteiger charge is 2.21. The molecular formula is C12H16O3S. The highest BCUT2D eigenvalue weighted by atomic mass is 32.2. The van der Waals surface area contributed by atoms with Crippen molar-refractivity contribution in [2.45, 2.75) is 24.0 Å². The SMILES string of the molecule is CC.O=C(O)c1ccccc1SC1COC1. The van der Waals surface area contributed by atoms with E-state index in [2.05, 4.69) is 0 Å². The third kappa shape index (κ3) is 3.25. The van der Waals surface area contributed by atoms with Crippen LogP contribution in [-0.4, -0.2) is 29.5 Å². The molecule has 4 heteroatoms. The number of hydrogen-bond acceptors (Lipinski definition) is 3. The molecule has 2 rings (SSSR count). The molecule has 1 aromatic rings. The van der Waals surface area contributed by atoms with Crippen molar-refractivity contribution >= 4 is 17.7 Å². The topological polar surface area (TPSA) is 46.5 Å². The summed E-state index contributed by atoms with van der Waals surface area (Å²) in [5, 5.41) is 9.34. The highest BCUT2D eigenvalue weighted by molar-refractivity contribution is 8.00. The summed E-state index contributed by atoms with van der Waals surface area (Å²) < 4.78 is 5.04. The number of hydrogen-bond donors (Lipinski definition) is 1. The zero-order valence-electron chi connectivity index (χ0n) is 9.47. The molecular weight excluding hydrogens is 224 g/mol. The number of carboxylic acids is 1. The molecule has 0 aliphatic carbocycles. The van der Waals surface area contributed by atoms with E-state index in [-0.39, 0.29) is 0 Å². The van der Waals surface area contributed by atoms with Crippen LogP contribution in [0.15, 0.2) is 29.2 Å². The van der Waals surface area contributed by atoms with E-state index >= 15 is 0 Å². The van der Waals surface area contributed by atoms with E-state index in [1.54, 1.807) is 23.9 Å². The Bertz CT molecular complexity index is 348. The van der Waals surface area contributed by atoms with E-state index in [9.17, 15) is 4.79 Å². The van der Waals surface area contributed by atoms with E-state index in [4.69, 9.17) is 9.84 Å². The molecule has 0 bridgehead atoms. The smallest absolute Gasteiger partial charge is 0.336 e. The average Bonchev–Trinajstić information content (AvgIpc) is 2.27. The molecule has 88 valence electrons. The molecule has 0 radical (unpaired) electrons. The minimum Gasteiger partial charge on any atom is -0.478 e. The van der Waals surface area contributed by atoms with Gasteiger partial charge in [0.1, 0.15) is 0 Å². The molecule has 1 saturated heterocycles. The third-order valence-electron chi connectivity index (χ3n) is 2.02. The summed E-state index contributed by atoms with van der Waals surface area (Å²) in [4.78, 5) is 11.7. The second-order valence-electron chi connectivity index (χ2n) is 3.08. The number of carbonyl (C=O) groups is 1. The van der Waals surface area contributed by atoms with Gasteiger partial charge >= 0.3 is 5.97 Å². The fraction of sp³-hybridized carbons (Fsp3) is 0.417. The van der Waals surface area contributed by atoms with E-state index in [1.165, 1.54) is 0 Å². The maximum atomic E-state index is 10.9. The normalized spacial score (nSPS) is 14.6. The number of aromatic carboxylic acids is 1. The van der Waals surface area contributed by atoms with Crippen LogP contribution in [0.4, 0.5) is 0 Å². The summed E-state index contributed by atoms with van der Waals surface area (Å²) in [6.07, 6.45) is 0. The quantitative estimate of drug-likeness (QED) is 0.882. The molecule has 0 saturated carbocycles. The molecule has 0 amide bonds. The zero-order valence-corrected chi connectivity index (χ0v) is 10.3. The number of carboxylic acid groups (broad SMARTS) is 1. The van der Waals surface area contributed by atoms with Crippen molar-refractivity contribution in [1.82, 2.24) is 0 Å². The first-order chi connectivity index (χ1) is 7.77. The van der Waals surface area contributed by atoms with Crippen LogP contribution in [0.2, 0.25) is 0 Å². The molecule has 0 spiro atoms. The van der Waals surface area contributed by atoms with Crippen LogP contribution in [0.5, 0.6) is 0 Å². The van der Waals surface area contributed by atoms with Gasteiger partial charge in [-0.3, -0.25) is 0 Å². The minimum absolute atomic E-state index is 0.379. The fourth-order valence-electron chi connectivity index (χ4n) is 1.21. The van der Waals surface area contributed by atoms with Gasteiger partial charge in [0.2, 0.25) is 0 Å². The fourth-order valence-corrected chi connectivity index (χ4v) is 2.33. The number of benzene rings is 1. The highest BCUT2D eigenvalue weighted by Crippen LogP contribution is 2.30. The molecule has 3 nitrogen and oxygen atoms in total. The first kappa shape index (κ1) is 13.1. The number of ether oxygens (including phenoxy) is 1. The van der Waals surface area contributed by atoms with Gasteiger partial charge in [-0.15, -0.1) is 11.8 Å². The van der Waals surface area contributed by atoms with Crippen LogP contribution < -0.4 is 0 Å². The van der Waals surface area contributed by atoms with Gasteiger partial charge in [-0.25, -0.2) is 4.79 Å². The van der Waals surface area contributed by atoms with E-state index in [0.29, 0.717) is 10.8 Å². The Kier molecular flexibility index (Phi) is 5.35. The van der Waals surface area contributed by atoms with Crippen LogP contribution in [0, 0.1) is 0 Å². The molecule has 0 atom stereocenters. The Morgan fingerprint density at radius 1 is 1.38 bits per heavy atom. The van der Waals surface area contributed by atoms with Crippen LogP contribution in [0.1, 0.15) is 24.2 Å². The Labute approximate surface area is 99.8 Å². The van der Waals surface area contributed by atoms with Gasteiger partial charge in [-0.1, -0.05) is 26.0 Å². The minimum atomic E-state index is -0.867. The Morgan fingerprint density at radius 3 is 2.50 bits per heavy atom. The van der Waals surface area contributed by atoms with Gasteiger partial charge in [0.15, 0.2) is 0 Å². The first-order valence-corrected chi connectivity index (χ1v) is 6.22. The van der Waals surface area contributed by atoms with Gasteiger partial charge in [0, 0.05) is 4.90 Å². The van der Waals surface area contributed by atoms with Crippen LogP contribution >= 0.6 is 11.8 Å². The standard InChI is InChI=1S/C10H10O3S.C2H6/c11-10(12)8-3-1-2-4-9(8)14-7-5-13-6-7;1-2/h1-4,7H,5-6H2,(H,11,12);1-2H3. The molecule has 1 fully saturated rings. The van der Waals surface area contributed by atoms with Crippen molar-refractivity contribution < 1.29 is 14.6 Å². The monoisotopic (exact) mass is 240 g/mol. The van der Waals surface area contributed by atoms with Gasteiger partial charge in [0.05, 0.1) is 24.0 Å². The van der Waals surface area contributed by atoms with Crippen molar-refractivity contribution in [3.8, 4) is 0 Å². The lowest BCUT2D eigenvalue weighted by Gasteiger charge is -2.25. The van der Waals surface area contributed by atoms with Crippen molar-refractivity contribution in [3.05, 3.63) is 29.8 Å². The van der Waals surface area contributed by atoms with E-state index in [1.807, 2.05) is 26.0 Å². The maximum Gasteiger partial charge on any atom is 0.336 e. The van der Waals surface area contributed by atoms with Crippen molar-refractivity contribution in [1.29, 1.82) is 0 Å². The van der Waals surface area contributed by atoms with Crippen LogP contribution in [-0.2, 0) is 4.74 Å². The molecule has 1 aliphatic heterocycles. The molecule has 1 N–H and O–H groups in total. The first-order valence-electron chi connectivity index (χ1n) is 5.34. The molecule has 0 aromatic heterocycles. The molecule has 1 aromatic carbocycles. The maximum absolute atomic E-state index is 10.9. The van der Waals surface area contributed by atoms with Gasteiger partial charge in [-0.05, 0) is 12.1 Å². The van der Waals surface area contributed by atoms with Crippen molar-refractivity contribution in [3.63, 3.8) is 0 Å². The zero-order chi connectivity index (χ0) is 12.0. The Hall–Kier alpha value is -1.00. The van der Waals surface area contributed by atoms with E-state index in [0.717, 1.165) is 18.1 Å². The predicted molar refractivity (Wildman–Crippen MR) is 65.2 cm³/mol. The lowest BCUT2D eigenvalue weighted by molar-refractivity contribution is 0.0454. The predicted octanol–water partition coefficient (Wildman–Crippen LogP) is 2.90. The molecule has 1 heterocycles. The second kappa shape index (κ2) is 6.55. The summed E-state index contributed by atoms with van der Waals surface area (Å²) in [7, 11) is 0. The summed E-state index contributed by atoms with van der Waals surface area (Å²) in [6, 6.07) is 7.07.